The molecule has 0 aliphatic carbocycles. The zero-order valence-corrected chi connectivity index (χ0v) is 18.8. The fraction of sp³-hybridized carbons (Fsp3) is 0.192. The lowest BCUT2D eigenvalue weighted by molar-refractivity contribution is -0.124. The number of nitrogens with zero attached hydrogens (tertiary/aromatic N) is 2. The number of nitrogens with one attached hydrogen (secondary N) is 2. The molecular formula is C26H24N4O5. The molecule has 0 fully saturated rings. The van der Waals surface area contributed by atoms with Crippen LogP contribution >= 0.6 is 0 Å². The number of ether oxygens (including phenoxy) is 2. The van der Waals surface area contributed by atoms with Crippen molar-refractivity contribution in [3.63, 3.8) is 0 Å². The van der Waals surface area contributed by atoms with Gasteiger partial charge in [-0.1, -0.05) is 60.7 Å². The van der Waals surface area contributed by atoms with Crippen LogP contribution in [0.3, 0.4) is 0 Å². The van der Waals surface area contributed by atoms with E-state index in [0.717, 1.165) is 11.1 Å². The van der Waals surface area contributed by atoms with Gasteiger partial charge in [0.05, 0.1) is 11.8 Å². The number of aromatic amines is 1. The van der Waals surface area contributed by atoms with Crippen LogP contribution < -0.4 is 10.9 Å². The number of hydrogen-bond donors (Lipinski definition) is 3. The Balaban J connectivity index is 1.41. The predicted molar refractivity (Wildman–Crippen MR) is 128 cm³/mol. The average molecular weight is 473 g/mol. The maximum absolute atomic E-state index is 12.8. The molecule has 1 aliphatic rings. The first-order valence-corrected chi connectivity index (χ1v) is 11.2. The van der Waals surface area contributed by atoms with Crippen molar-refractivity contribution < 1.29 is 19.4 Å². The number of amides is 1. The summed E-state index contributed by atoms with van der Waals surface area (Å²) in [5, 5.41) is 14.0. The summed E-state index contributed by atoms with van der Waals surface area (Å²) >= 11 is 0. The number of aromatic nitrogens is 3. The third-order valence-corrected chi connectivity index (χ3v) is 5.81. The monoisotopic (exact) mass is 472 g/mol. The second-order valence-electron chi connectivity index (χ2n) is 8.25. The van der Waals surface area contributed by atoms with Crippen LogP contribution in [-0.4, -0.2) is 31.3 Å². The molecule has 1 unspecified atom stereocenters. The van der Waals surface area contributed by atoms with E-state index in [4.69, 9.17) is 9.47 Å². The van der Waals surface area contributed by atoms with E-state index in [2.05, 4.69) is 15.3 Å². The maximum Gasteiger partial charge on any atom is 0.292 e. The van der Waals surface area contributed by atoms with Gasteiger partial charge in [-0.05, 0) is 17.2 Å². The van der Waals surface area contributed by atoms with Crippen LogP contribution in [0.25, 0.3) is 11.0 Å². The van der Waals surface area contributed by atoms with Gasteiger partial charge in [0.25, 0.3) is 11.5 Å². The smallest absolute Gasteiger partial charge is 0.292 e. The minimum Gasteiger partial charge on any atom is -0.484 e. The highest BCUT2D eigenvalue weighted by molar-refractivity contribution is 5.95. The molecule has 2 aromatic heterocycles. The highest BCUT2D eigenvalue weighted by Gasteiger charge is 2.47. The van der Waals surface area contributed by atoms with E-state index in [1.54, 1.807) is 12.3 Å². The molecule has 1 amide bonds. The Morgan fingerprint density at radius 2 is 1.57 bits per heavy atom. The van der Waals surface area contributed by atoms with E-state index < -0.39 is 11.6 Å². The fourth-order valence-electron chi connectivity index (χ4n) is 3.95. The summed E-state index contributed by atoms with van der Waals surface area (Å²) in [6, 6.07) is 20.5. The van der Waals surface area contributed by atoms with Gasteiger partial charge in [0, 0.05) is 19.2 Å². The fourth-order valence-corrected chi connectivity index (χ4v) is 3.95. The summed E-state index contributed by atoms with van der Waals surface area (Å²) < 4.78 is 13.2. The molecule has 1 aliphatic heterocycles. The van der Waals surface area contributed by atoms with Crippen LogP contribution in [0.5, 0.6) is 0 Å². The number of carbonyl (C=O) groups excluding carboxylic acids is 1. The first-order chi connectivity index (χ1) is 17.0. The van der Waals surface area contributed by atoms with E-state index in [-0.39, 0.29) is 43.3 Å². The summed E-state index contributed by atoms with van der Waals surface area (Å²) in [4.78, 5) is 32.7. The number of aryl methyl sites for hydroxylation is 1. The molecule has 2 aromatic carbocycles. The number of hydrogen-bond acceptors (Lipinski definition) is 6. The molecule has 5 rings (SSSR count). The third-order valence-electron chi connectivity index (χ3n) is 5.81. The molecule has 9 nitrogen and oxygen atoms in total. The van der Waals surface area contributed by atoms with Crippen molar-refractivity contribution >= 4 is 16.9 Å². The molecule has 0 bridgehead atoms. The normalized spacial score (nSPS) is 17.6. The Morgan fingerprint density at radius 1 is 0.914 bits per heavy atom. The van der Waals surface area contributed by atoms with Crippen LogP contribution in [0.2, 0.25) is 0 Å². The molecule has 0 saturated heterocycles. The van der Waals surface area contributed by atoms with Crippen molar-refractivity contribution in [2.45, 2.75) is 31.9 Å². The molecule has 3 N–H and O–H groups in total. The van der Waals surface area contributed by atoms with E-state index in [1.807, 2.05) is 60.7 Å². The van der Waals surface area contributed by atoms with Gasteiger partial charge in [-0.3, -0.25) is 14.2 Å². The second-order valence-corrected chi connectivity index (χ2v) is 8.25. The Morgan fingerprint density at radius 3 is 2.26 bits per heavy atom. The lowest BCUT2D eigenvalue weighted by Crippen LogP contribution is -2.46. The molecule has 4 aromatic rings. The quantitative estimate of drug-likeness (QED) is 0.345. The molecule has 0 spiro atoms. The van der Waals surface area contributed by atoms with Crippen molar-refractivity contribution in [1.29, 1.82) is 0 Å². The van der Waals surface area contributed by atoms with Gasteiger partial charge in [-0.2, -0.15) is 0 Å². The van der Waals surface area contributed by atoms with Gasteiger partial charge in [-0.25, -0.2) is 4.98 Å². The Bertz CT molecular complexity index is 1430. The third kappa shape index (κ3) is 4.67. The molecule has 0 saturated carbocycles. The molecule has 3 heterocycles. The summed E-state index contributed by atoms with van der Waals surface area (Å²) in [5.41, 5.74) is 0.524. The minimum atomic E-state index is -1.86. The largest absolute Gasteiger partial charge is 0.484 e. The van der Waals surface area contributed by atoms with Crippen molar-refractivity contribution in [1.82, 2.24) is 19.9 Å². The summed E-state index contributed by atoms with van der Waals surface area (Å²) in [5.74, 6) is -0.682. The topological polar surface area (TPSA) is 118 Å². The van der Waals surface area contributed by atoms with Crippen molar-refractivity contribution in [3.8, 4) is 0 Å². The number of fused-ring (bicyclic) bond motifs is 1. The summed E-state index contributed by atoms with van der Waals surface area (Å²) in [6.07, 6.45) is 3.03. The lowest BCUT2D eigenvalue weighted by Gasteiger charge is -2.26. The minimum absolute atomic E-state index is 0.00996. The SMILES string of the molecule is O=C1NC(O)(CCn2cnc3cc[nH]c3c2=O)C(OCc2ccccc2)=C1OCc1ccccc1. The Labute approximate surface area is 200 Å². The summed E-state index contributed by atoms with van der Waals surface area (Å²) in [6.45, 7) is 0.341. The van der Waals surface area contributed by atoms with Crippen molar-refractivity contribution in [3.05, 3.63) is 112 Å². The molecule has 35 heavy (non-hydrogen) atoms. The first kappa shape index (κ1) is 22.4. The highest BCUT2D eigenvalue weighted by Crippen LogP contribution is 2.32. The molecule has 1 atom stereocenters. The zero-order chi connectivity index (χ0) is 24.3. The number of H-pyrrole nitrogens is 1. The number of rotatable bonds is 9. The molecule has 9 heteroatoms. The molecular weight excluding hydrogens is 448 g/mol. The number of benzene rings is 2. The van der Waals surface area contributed by atoms with Gasteiger partial charge in [-0.15, -0.1) is 0 Å². The highest BCUT2D eigenvalue weighted by atomic mass is 16.5. The maximum atomic E-state index is 12.8. The van der Waals surface area contributed by atoms with Crippen LogP contribution in [-0.2, 0) is 34.0 Å². The predicted octanol–water partition coefficient (Wildman–Crippen LogP) is 2.58. The van der Waals surface area contributed by atoms with Gasteiger partial charge < -0.3 is 24.9 Å². The standard InChI is InChI=1S/C26H24N4O5/c31-24-22(34-15-18-7-3-1-4-8-18)23(35-16-19-9-5-2-6-10-19)26(33,29-24)12-14-30-17-28-20-11-13-27-21(20)25(30)32/h1-11,13,17,27,33H,12,14-16H2,(H,29,31). The first-order valence-electron chi connectivity index (χ1n) is 11.2. The van der Waals surface area contributed by atoms with Crippen molar-refractivity contribution in [2.75, 3.05) is 0 Å². The van der Waals surface area contributed by atoms with E-state index in [9.17, 15) is 14.7 Å². The van der Waals surface area contributed by atoms with Crippen molar-refractivity contribution in [2.24, 2.45) is 0 Å². The molecule has 178 valence electrons. The van der Waals surface area contributed by atoms with E-state index in [1.165, 1.54) is 10.9 Å². The zero-order valence-electron chi connectivity index (χ0n) is 18.8. The van der Waals surface area contributed by atoms with Gasteiger partial charge in [0.2, 0.25) is 11.5 Å². The van der Waals surface area contributed by atoms with Gasteiger partial charge >= 0.3 is 0 Å². The molecule has 0 radical (unpaired) electrons. The Hall–Kier alpha value is -4.37. The lowest BCUT2D eigenvalue weighted by atomic mass is 10.1. The van der Waals surface area contributed by atoms with E-state index >= 15 is 0 Å². The van der Waals surface area contributed by atoms with Gasteiger partial charge in [0.1, 0.15) is 18.7 Å². The second kappa shape index (κ2) is 9.47. The Kier molecular flexibility index (Phi) is 6.07. The van der Waals surface area contributed by atoms with Crippen LogP contribution in [0, 0.1) is 0 Å². The van der Waals surface area contributed by atoms with Crippen LogP contribution in [0.4, 0.5) is 0 Å². The number of carbonyl (C=O) groups is 1. The van der Waals surface area contributed by atoms with Gasteiger partial charge in [0.15, 0.2) is 5.76 Å². The van der Waals surface area contributed by atoms with E-state index in [0.29, 0.717) is 11.0 Å². The average Bonchev–Trinajstić information content (AvgIpc) is 3.45. The van der Waals surface area contributed by atoms with Crippen LogP contribution in [0.15, 0.2) is 95.6 Å². The summed E-state index contributed by atoms with van der Waals surface area (Å²) in [7, 11) is 0. The number of aliphatic hydroxyl groups is 1. The van der Waals surface area contributed by atoms with Crippen LogP contribution in [0.1, 0.15) is 17.5 Å².